The van der Waals surface area contributed by atoms with Gasteiger partial charge in [-0.05, 0) is 18.9 Å². The van der Waals surface area contributed by atoms with Gasteiger partial charge in [-0.25, -0.2) is 0 Å². The van der Waals surface area contributed by atoms with Crippen LogP contribution in [0, 0.1) is 11.3 Å². The first kappa shape index (κ1) is 10.7. The molecule has 0 atom stereocenters. The van der Waals surface area contributed by atoms with E-state index in [4.69, 9.17) is 5.26 Å². The molecule has 0 radical (unpaired) electrons. The van der Waals surface area contributed by atoms with Gasteiger partial charge in [-0.15, -0.1) is 0 Å². The lowest BCUT2D eigenvalue weighted by Crippen LogP contribution is -1.74. The number of hydrogen-bond donors (Lipinski definition) is 0. The second-order valence-electron chi connectivity index (χ2n) is 2.52. The highest BCUT2D eigenvalue weighted by Crippen LogP contribution is 2.03. The number of nitrogens with zero attached hydrogens (tertiary/aromatic N) is 1. The fraction of sp³-hybridized carbons (Fsp3) is 0.364. The minimum atomic E-state index is 0.715. The highest BCUT2D eigenvalue weighted by molar-refractivity contribution is 5.35. The average Bonchev–Trinajstić information content (AvgIpc) is 2.11. The van der Waals surface area contributed by atoms with Gasteiger partial charge in [-0.3, -0.25) is 0 Å². The second kappa shape index (κ2) is 6.42. The summed E-state index contributed by atoms with van der Waals surface area (Å²) in [6.07, 6.45) is 7.44. The van der Waals surface area contributed by atoms with Crippen LogP contribution in [0.2, 0.25) is 0 Å². The third kappa shape index (κ3) is 4.51. The predicted octanol–water partition coefficient (Wildman–Crippen LogP) is 3.37. The lowest BCUT2D eigenvalue weighted by atomic mass is 10.1. The van der Waals surface area contributed by atoms with Crippen LogP contribution in [0.1, 0.15) is 26.7 Å². The lowest BCUT2D eigenvalue weighted by molar-refractivity contribution is 1.16. The molecule has 0 aromatic heterocycles. The Morgan fingerprint density at radius 2 is 2.08 bits per heavy atom. The van der Waals surface area contributed by atoms with E-state index in [1.54, 1.807) is 0 Å². The summed E-state index contributed by atoms with van der Waals surface area (Å²) in [5.41, 5.74) is 1.76. The molecule has 1 nitrogen and oxygen atoms in total. The SMILES string of the molecule is C=C(/C=C\C(C#N)=C/CC)CC. The molecule has 0 saturated carbocycles. The minimum absolute atomic E-state index is 0.715. The average molecular weight is 161 g/mol. The zero-order chi connectivity index (χ0) is 9.40. The smallest absolute Gasteiger partial charge is 0.0988 e. The molecule has 0 spiro atoms. The van der Waals surface area contributed by atoms with Crippen molar-refractivity contribution in [2.75, 3.05) is 0 Å². The summed E-state index contributed by atoms with van der Waals surface area (Å²) in [4.78, 5) is 0. The van der Waals surface area contributed by atoms with Crippen molar-refractivity contribution < 1.29 is 0 Å². The van der Waals surface area contributed by atoms with E-state index in [2.05, 4.69) is 12.6 Å². The largest absolute Gasteiger partial charge is 0.192 e. The van der Waals surface area contributed by atoms with Crippen molar-refractivity contribution in [2.45, 2.75) is 26.7 Å². The van der Waals surface area contributed by atoms with Gasteiger partial charge < -0.3 is 0 Å². The monoisotopic (exact) mass is 161 g/mol. The summed E-state index contributed by atoms with van der Waals surface area (Å²) in [6, 6.07) is 2.12. The Bertz CT molecular complexity index is 238. The molecule has 0 aliphatic heterocycles. The normalized spacial score (nSPS) is 11.6. The molecule has 0 aliphatic carbocycles. The van der Waals surface area contributed by atoms with Crippen molar-refractivity contribution in [3.8, 4) is 6.07 Å². The van der Waals surface area contributed by atoms with Crippen molar-refractivity contribution in [3.05, 3.63) is 36.0 Å². The maximum Gasteiger partial charge on any atom is 0.0988 e. The van der Waals surface area contributed by atoms with Crippen molar-refractivity contribution in [1.29, 1.82) is 5.26 Å². The molecule has 0 aromatic rings. The van der Waals surface area contributed by atoms with Crippen LogP contribution in [0.15, 0.2) is 36.0 Å². The maximum absolute atomic E-state index is 8.64. The number of allylic oxidation sites excluding steroid dienone is 5. The van der Waals surface area contributed by atoms with Crippen LogP contribution in [0.25, 0.3) is 0 Å². The molecule has 0 amide bonds. The molecular weight excluding hydrogens is 146 g/mol. The molecule has 64 valence electrons. The molecule has 12 heavy (non-hydrogen) atoms. The van der Waals surface area contributed by atoms with Gasteiger partial charge in [0.25, 0.3) is 0 Å². The molecular formula is C11H15N. The molecule has 0 fully saturated rings. The highest BCUT2D eigenvalue weighted by Gasteiger charge is 1.86. The number of nitriles is 1. The Labute approximate surface area is 74.7 Å². The van der Waals surface area contributed by atoms with E-state index in [-0.39, 0.29) is 0 Å². The van der Waals surface area contributed by atoms with Gasteiger partial charge in [0.15, 0.2) is 0 Å². The first-order valence-electron chi connectivity index (χ1n) is 4.20. The maximum atomic E-state index is 8.64. The van der Waals surface area contributed by atoms with E-state index in [0.717, 1.165) is 18.4 Å². The minimum Gasteiger partial charge on any atom is -0.192 e. The summed E-state index contributed by atoms with van der Waals surface area (Å²) in [7, 11) is 0. The van der Waals surface area contributed by atoms with Gasteiger partial charge in [0, 0.05) is 5.57 Å². The van der Waals surface area contributed by atoms with Crippen LogP contribution >= 0.6 is 0 Å². The summed E-state index contributed by atoms with van der Waals surface area (Å²) >= 11 is 0. The first-order chi connectivity index (χ1) is 5.74. The van der Waals surface area contributed by atoms with E-state index >= 15 is 0 Å². The van der Waals surface area contributed by atoms with Gasteiger partial charge in [-0.1, -0.05) is 38.2 Å². The molecule has 0 rings (SSSR count). The van der Waals surface area contributed by atoms with Crippen LogP contribution in [0.5, 0.6) is 0 Å². The van der Waals surface area contributed by atoms with Gasteiger partial charge in [-0.2, -0.15) is 5.26 Å². The van der Waals surface area contributed by atoms with Crippen LogP contribution in [-0.4, -0.2) is 0 Å². The van der Waals surface area contributed by atoms with Crippen LogP contribution in [-0.2, 0) is 0 Å². The molecule has 0 bridgehead atoms. The van der Waals surface area contributed by atoms with E-state index in [1.807, 2.05) is 32.1 Å². The highest BCUT2D eigenvalue weighted by atomic mass is 14.2. The van der Waals surface area contributed by atoms with Gasteiger partial charge in [0.1, 0.15) is 0 Å². The summed E-state index contributed by atoms with van der Waals surface area (Å²) in [5.74, 6) is 0. The molecule has 0 heterocycles. The zero-order valence-corrected chi connectivity index (χ0v) is 7.80. The molecule has 0 aliphatic rings. The van der Waals surface area contributed by atoms with Crippen LogP contribution in [0.3, 0.4) is 0 Å². The van der Waals surface area contributed by atoms with Gasteiger partial charge >= 0.3 is 0 Å². The Hall–Kier alpha value is -1.29. The van der Waals surface area contributed by atoms with Crippen LogP contribution in [0.4, 0.5) is 0 Å². The predicted molar refractivity (Wildman–Crippen MR) is 52.6 cm³/mol. The number of rotatable bonds is 4. The van der Waals surface area contributed by atoms with Gasteiger partial charge in [0.05, 0.1) is 6.07 Å². The topological polar surface area (TPSA) is 23.8 Å². The molecule has 0 N–H and O–H groups in total. The van der Waals surface area contributed by atoms with E-state index in [0.29, 0.717) is 5.57 Å². The molecule has 0 saturated heterocycles. The summed E-state index contributed by atoms with van der Waals surface area (Å²) in [5, 5.41) is 8.64. The first-order valence-corrected chi connectivity index (χ1v) is 4.20. The van der Waals surface area contributed by atoms with Gasteiger partial charge in [0.2, 0.25) is 0 Å². The molecule has 1 heteroatoms. The van der Waals surface area contributed by atoms with Crippen molar-refractivity contribution in [2.24, 2.45) is 0 Å². The standard InChI is InChI=1S/C11H15N/c1-4-6-11(9-12)8-7-10(3)5-2/h6-8H,3-5H2,1-2H3/b8-7-,11-6+. The summed E-state index contributed by atoms with van der Waals surface area (Å²) in [6.45, 7) is 7.87. The zero-order valence-electron chi connectivity index (χ0n) is 7.80. The van der Waals surface area contributed by atoms with Crippen molar-refractivity contribution in [1.82, 2.24) is 0 Å². The third-order valence-corrected chi connectivity index (χ3v) is 1.51. The fourth-order valence-electron chi connectivity index (χ4n) is 0.696. The van der Waals surface area contributed by atoms with Crippen molar-refractivity contribution >= 4 is 0 Å². The third-order valence-electron chi connectivity index (χ3n) is 1.51. The quantitative estimate of drug-likeness (QED) is 0.458. The fourth-order valence-corrected chi connectivity index (χ4v) is 0.696. The van der Waals surface area contributed by atoms with Crippen LogP contribution < -0.4 is 0 Å². The molecule has 0 unspecified atom stereocenters. The Morgan fingerprint density at radius 3 is 2.50 bits per heavy atom. The number of hydrogen-bond acceptors (Lipinski definition) is 1. The Kier molecular flexibility index (Phi) is 5.73. The van der Waals surface area contributed by atoms with E-state index in [9.17, 15) is 0 Å². The lowest BCUT2D eigenvalue weighted by Gasteiger charge is -1.90. The summed E-state index contributed by atoms with van der Waals surface area (Å²) < 4.78 is 0. The van der Waals surface area contributed by atoms with E-state index in [1.165, 1.54) is 0 Å². The Morgan fingerprint density at radius 1 is 1.42 bits per heavy atom. The van der Waals surface area contributed by atoms with E-state index < -0.39 is 0 Å². The van der Waals surface area contributed by atoms with Crippen molar-refractivity contribution in [3.63, 3.8) is 0 Å². The molecule has 0 aromatic carbocycles. The second-order valence-corrected chi connectivity index (χ2v) is 2.52. The Balaban J connectivity index is 4.23.